The maximum atomic E-state index is 13.4. The number of ketones is 1. The van der Waals surface area contributed by atoms with E-state index in [9.17, 15) is 13.6 Å². The number of hydrogen-bond acceptors (Lipinski definition) is 2. The largest absolute Gasteiger partial charge is 0.486 e. The van der Waals surface area contributed by atoms with Crippen LogP contribution in [0, 0.1) is 17.6 Å². The molecule has 0 atom stereocenters. The van der Waals surface area contributed by atoms with Gasteiger partial charge in [0.1, 0.15) is 12.4 Å². The number of benzene rings is 2. The molecule has 3 rings (SSSR count). The molecule has 0 amide bonds. The quantitative estimate of drug-likeness (QED) is 0.759. The summed E-state index contributed by atoms with van der Waals surface area (Å²) in [6.45, 7) is 0.123. The summed E-state index contributed by atoms with van der Waals surface area (Å²) in [7, 11) is 0. The van der Waals surface area contributed by atoms with Crippen molar-refractivity contribution >= 4 is 5.78 Å². The van der Waals surface area contributed by atoms with Crippen LogP contribution in [-0.4, -0.2) is 5.78 Å². The fourth-order valence-electron chi connectivity index (χ4n) is 2.42. The average Bonchev–Trinajstić information content (AvgIpc) is 2.47. The van der Waals surface area contributed by atoms with E-state index in [-0.39, 0.29) is 24.1 Å². The molecular weight excluding hydrogens is 286 g/mol. The van der Waals surface area contributed by atoms with Gasteiger partial charge in [-0.05, 0) is 30.5 Å². The normalized spacial score (nSPS) is 14.5. The first-order valence-corrected chi connectivity index (χ1v) is 7.34. The van der Waals surface area contributed by atoms with Crippen LogP contribution in [0.5, 0.6) is 5.75 Å². The second-order valence-corrected chi connectivity index (χ2v) is 5.55. The summed E-state index contributed by atoms with van der Waals surface area (Å²) in [6, 6.07) is 10.2. The van der Waals surface area contributed by atoms with E-state index in [1.165, 1.54) is 0 Å². The Morgan fingerprint density at radius 1 is 1.09 bits per heavy atom. The zero-order valence-corrected chi connectivity index (χ0v) is 12.0. The average molecular weight is 302 g/mol. The summed E-state index contributed by atoms with van der Waals surface area (Å²) >= 11 is 0. The standard InChI is InChI=1S/C18H16F2O2/c19-15-8-9-16(20)17(10-15)22-11-12-4-6-14(7-5-12)18(21)13-2-1-3-13/h4-10,13H,1-3,11H2. The van der Waals surface area contributed by atoms with E-state index in [1.807, 2.05) is 0 Å². The first-order valence-electron chi connectivity index (χ1n) is 7.34. The maximum absolute atomic E-state index is 13.4. The van der Waals surface area contributed by atoms with Crippen LogP contribution in [0.25, 0.3) is 0 Å². The van der Waals surface area contributed by atoms with Gasteiger partial charge in [0.25, 0.3) is 0 Å². The van der Waals surface area contributed by atoms with Crippen molar-refractivity contribution < 1.29 is 18.3 Å². The van der Waals surface area contributed by atoms with Crippen LogP contribution < -0.4 is 4.74 Å². The van der Waals surface area contributed by atoms with Gasteiger partial charge >= 0.3 is 0 Å². The Morgan fingerprint density at radius 3 is 2.45 bits per heavy atom. The lowest BCUT2D eigenvalue weighted by Gasteiger charge is -2.23. The molecule has 0 unspecified atom stereocenters. The minimum absolute atomic E-state index is 0.116. The molecule has 2 aromatic carbocycles. The Hall–Kier alpha value is -2.23. The molecule has 22 heavy (non-hydrogen) atoms. The molecule has 1 fully saturated rings. The minimum atomic E-state index is -0.599. The molecule has 0 spiro atoms. The van der Waals surface area contributed by atoms with Crippen LogP contribution in [0.2, 0.25) is 0 Å². The molecule has 0 bridgehead atoms. The van der Waals surface area contributed by atoms with Crippen LogP contribution >= 0.6 is 0 Å². The smallest absolute Gasteiger partial charge is 0.165 e. The van der Waals surface area contributed by atoms with Gasteiger partial charge < -0.3 is 4.74 Å². The molecule has 0 aromatic heterocycles. The molecule has 114 valence electrons. The first-order chi connectivity index (χ1) is 10.6. The molecular formula is C18H16F2O2. The van der Waals surface area contributed by atoms with E-state index in [4.69, 9.17) is 4.74 Å². The lowest BCUT2D eigenvalue weighted by molar-refractivity contribution is 0.0855. The number of carbonyl (C=O) groups is 1. The van der Waals surface area contributed by atoms with Crippen molar-refractivity contribution in [3.8, 4) is 5.75 Å². The van der Waals surface area contributed by atoms with Crippen molar-refractivity contribution in [2.75, 3.05) is 0 Å². The van der Waals surface area contributed by atoms with E-state index in [0.717, 1.165) is 43.0 Å². The fourth-order valence-corrected chi connectivity index (χ4v) is 2.42. The predicted molar refractivity (Wildman–Crippen MR) is 78.8 cm³/mol. The maximum Gasteiger partial charge on any atom is 0.165 e. The number of rotatable bonds is 5. The summed E-state index contributed by atoms with van der Waals surface area (Å²) in [6.07, 6.45) is 3.08. The van der Waals surface area contributed by atoms with Gasteiger partial charge in [-0.25, -0.2) is 8.78 Å². The second-order valence-electron chi connectivity index (χ2n) is 5.55. The topological polar surface area (TPSA) is 26.3 Å². The Labute approximate surface area is 127 Å². The number of hydrogen-bond donors (Lipinski definition) is 0. The van der Waals surface area contributed by atoms with E-state index in [2.05, 4.69) is 0 Å². The van der Waals surface area contributed by atoms with Crippen molar-refractivity contribution in [2.45, 2.75) is 25.9 Å². The van der Waals surface area contributed by atoms with Crippen molar-refractivity contribution in [3.05, 3.63) is 65.2 Å². The van der Waals surface area contributed by atoms with E-state index >= 15 is 0 Å². The van der Waals surface area contributed by atoms with E-state index in [0.29, 0.717) is 5.56 Å². The van der Waals surface area contributed by atoms with Gasteiger partial charge in [-0.15, -0.1) is 0 Å². The third kappa shape index (κ3) is 3.16. The van der Waals surface area contributed by atoms with Gasteiger partial charge in [-0.3, -0.25) is 4.79 Å². The van der Waals surface area contributed by atoms with Gasteiger partial charge in [0, 0.05) is 17.5 Å². The molecule has 1 aliphatic carbocycles. The molecule has 1 saturated carbocycles. The van der Waals surface area contributed by atoms with Crippen molar-refractivity contribution in [1.82, 2.24) is 0 Å². The van der Waals surface area contributed by atoms with Gasteiger partial charge in [0.05, 0.1) is 0 Å². The zero-order chi connectivity index (χ0) is 15.5. The molecule has 4 heteroatoms. The highest BCUT2D eigenvalue weighted by Gasteiger charge is 2.25. The summed E-state index contributed by atoms with van der Waals surface area (Å²) in [5.41, 5.74) is 1.50. The zero-order valence-electron chi connectivity index (χ0n) is 12.0. The SMILES string of the molecule is O=C(c1ccc(COc2cc(F)ccc2F)cc1)C1CCC1. The monoisotopic (exact) mass is 302 g/mol. The molecule has 2 aromatic rings. The van der Waals surface area contributed by atoms with Crippen LogP contribution in [0.4, 0.5) is 8.78 Å². The third-order valence-corrected chi connectivity index (χ3v) is 4.00. The van der Waals surface area contributed by atoms with E-state index in [1.54, 1.807) is 24.3 Å². The number of Topliss-reactive ketones (excluding diaryl/α,β-unsaturated/α-hetero) is 1. The van der Waals surface area contributed by atoms with Gasteiger partial charge in [0.2, 0.25) is 0 Å². The summed E-state index contributed by atoms with van der Waals surface area (Å²) in [4.78, 5) is 12.1. The lowest BCUT2D eigenvalue weighted by Crippen LogP contribution is -2.21. The second kappa shape index (κ2) is 6.26. The van der Waals surface area contributed by atoms with Gasteiger partial charge in [0.15, 0.2) is 17.3 Å². The molecule has 0 N–H and O–H groups in total. The Morgan fingerprint density at radius 2 is 1.82 bits per heavy atom. The first kappa shape index (κ1) is 14.7. The molecule has 0 radical (unpaired) electrons. The molecule has 0 heterocycles. The van der Waals surface area contributed by atoms with Crippen LogP contribution in [0.15, 0.2) is 42.5 Å². The summed E-state index contributed by atoms with van der Waals surface area (Å²) in [5, 5.41) is 0. The predicted octanol–water partition coefficient (Wildman–Crippen LogP) is 4.53. The van der Waals surface area contributed by atoms with Crippen LogP contribution in [0.1, 0.15) is 35.2 Å². The van der Waals surface area contributed by atoms with E-state index < -0.39 is 11.6 Å². The van der Waals surface area contributed by atoms with Crippen LogP contribution in [0.3, 0.4) is 0 Å². The summed E-state index contributed by atoms with van der Waals surface area (Å²) in [5.74, 6) is -0.899. The molecule has 2 nitrogen and oxygen atoms in total. The van der Waals surface area contributed by atoms with Crippen molar-refractivity contribution in [1.29, 1.82) is 0 Å². The Balaban J connectivity index is 1.63. The van der Waals surface area contributed by atoms with Crippen molar-refractivity contribution in [2.24, 2.45) is 5.92 Å². The van der Waals surface area contributed by atoms with Crippen LogP contribution in [-0.2, 0) is 6.61 Å². The van der Waals surface area contributed by atoms with Gasteiger partial charge in [-0.1, -0.05) is 30.7 Å². The van der Waals surface area contributed by atoms with Crippen molar-refractivity contribution in [3.63, 3.8) is 0 Å². The minimum Gasteiger partial charge on any atom is -0.486 e. The lowest BCUT2D eigenvalue weighted by atomic mass is 9.80. The highest BCUT2D eigenvalue weighted by Crippen LogP contribution is 2.29. The number of carbonyl (C=O) groups excluding carboxylic acids is 1. The number of halogens is 2. The molecule has 0 aliphatic heterocycles. The number of ether oxygens (including phenoxy) is 1. The highest BCUT2D eigenvalue weighted by atomic mass is 19.1. The third-order valence-electron chi connectivity index (χ3n) is 4.00. The fraction of sp³-hybridized carbons (Fsp3) is 0.278. The Kier molecular flexibility index (Phi) is 4.18. The van der Waals surface area contributed by atoms with Gasteiger partial charge in [-0.2, -0.15) is 0 Å². The molecule has 0 saturated heterocycles. The Bertz CT molecular complexity index is 676. The summed E-state index contributed by atoms with van der Waals surface area (Å²) < 4.78 is 31.8. The molecule has 1 aliphatic rings. The highest BCUT2D eigenvalue weighted by molar-refractivity contribution is 5.98.